The fraction of sp³-hybridized carbons (Fsp3) is 0.375. The fourth-order valence-electron chi connectivity index (χ4n) is 3.57. The van der Waals surface area contributed by atoms with Gasteiger partial charge in [0.2, 0.25) is 0 Å². The second kappa shape index (κ2) is 11.9. The van der Waals surface area contributed by atoms with Gasteiger partial charge in [-0.15, -0.1) is 11.3 Å². The summed E-state index contributed by atoms with van der Waals surface area (Å²) in [6.45, 7) is 2.01. The molecular weight excluding hydrogens is 400 g/mol. The van der Waals surface area contributed by atoms with Gasteiger partial charge < -0.3 is 20.1 Å². The molecule has 4 rings (SSSR count). The number of ketones is 1. The highest BCUT2D eigenvalue weighted by molar-refractivity contribution is 7.19. The van der Waals surface area contributed by atoms with Gasteiger partial charge in [-0.25, -0.2) is 0 Å². The lowest BCUT2D eigenvalue weighted by Crippen LogP contribution is -2.30. The first kappa shape index (κ1) is 24.2. The van der Waals surface area contributed by atoms with Gasteiger partial charge in [0.25, 0.3) is 0 Å². The van der Waals surface area contributed by atoms with Crippen LogP contribution in [-0.2, 0) is 16.0 Å². The van der Waals surface area contributed by atoms with Crippen molar-refractivity contribution in [2.24, 2.45) is 0 Å². The van der Waals surface area contributed by atoms with Crippen LogP contribution in [0.25, 0.3) is 10.1 Å². The Morgan fingerprint density at radius 1 is 1.03 bits per heavy atom. The second-order valence-corrected chi connectivity index (χ2v) is 8.16. The lowest BCUT2D eigenvalue weighted by atomic mass is 9.94. The maximum absolute atomic E-state index is 12.0. The van der Waals surface area contributed by atoms with Gasteiger partial charge in [-0.3, -0.25) is 4.79 Å². The molecule has 1 aromatic heterocycles. The molecule has 1 aliphatic heterocycles. The van der Waals surface area contributed by atoms with Gasteiger partial charge >= 0.3 is 0 Å². The molecule has 30 heavy (non-hydrogen) atoms. The summed E-state index contributed by atoms with van der Waals surface area (Å²) in [5.74, 6) is 0.159. The van der Waals surface area contributed by atoms with E-state index < -0.39 is 0 Å². The van der Waals surface area contributed by atoms with Crippen LogP contribution in [0, 0.1) is 6.92 Å². The number of aliphatic hydroxyl groups is 3. The summed E-state index contributed by atoms with van der Waals surface area (Å²) in [4.78, 5) is 13.3. The highest BCUT2D eigenvalue weighted by atomic mass is 32.1. The molecule has 0 radical (unpaired) electrons. The molecule has 3 aromatic rings. The molecule has 0 amide bonds. The average Bonchev–Trinajstić information content (AvgIpc) is 3.20. The van der Waals surface area contributed by atoms with Gasteiger partial charge in [-0.1, -0.05) is 36.4 Å². The van der Waals surface area contributed by atoms with E-state index >= 15 is 0 Å². The summed E-state index contributed by atoms with van der Waals surface area (Å²) in [5.41, 5.74) is 3.53. The van der Waals surface area contributed by atoms with E-state index in [9.17, 15) is 9.90 Å². The Bertz CT molecular complexity index is 917. The van der Waals surface area contributed by atoms with Crippen molar-refractivity contribution in [3.63, 3.8) is 0 Å². The Morgan fingerprint density at radius 2 is 1.77 bits per heavy atom. The molecule has 2 unspecified atom stereocenters. The number of hydrogen-bond donors (Lipinski definition) is 3. The van der Waals surface area contributed by atoms with E-state index in [2.05, 4.69) is 49.4 Å². The van der Waals surface area contributed by atoms with Crippen LogP contribution in [-0.4, -0.2) is 48.0 Å². The summed E-state index contributed by atoms with van der Waals surface area (Å²) in [7, 11) is 2.00. The van der Waals surface area contributed by atoms with Crippen LogP contribution in [0.5, 0.6) is 0 Å². The summed E-state index contributed by atoms with van der Waals surface area (Å²) < 4.78 is 7.23. The van der Waals surface area contributed by atoms with Gasteiger partial charge in [0.05, 0.1) is 18.8 Å². The van der Waals surface area contributed by atoms with Crippen molar-refractivity contribution in [1.82, 2.24) is 0 Å². The number of rotatable bonds is 4. The van der Waals surface area contributed by atoms with E-state index in [-0.39, 0.29) is 24.6 Å². The number of Topliss-reactive ketones (excluding diaryl/α,β-unsaturated/α-hetero) is 1. The molecule has 1 aliphatic rings. The summed E-state index contributed by atoms with van der Waals surface area (Å²) in [6.07, 6.45) is 0.946. The van der Waals surface area contributed by atoms with Crippen LogP contribution in [0.4, 0.5) is 0 Å². The van der Waals surface area contributed by atoms with Crippen molar-refractivity contribution >= 4 is 27.2 Å². The van der Waals surface area contributed by atoms with Gasteiger partial charge in [0.15, 0.2) is 0 Å². The molecule has 2 aromatic carbocycles. The first-order chi connectivity index (χ1) is 14.6. The van der Waals surface area contributed by atoms with Crippen LogP contribution in [0.1, 0.15) is 40.5 Å². The van der Waals surface area contributed by atoms with Crippen molar-refractivity contribution in [3.8, 4) is 0 Å². The fourth-order valence-corrected chi connectivity index (χ4v) is 4.66. The smallest absolute Gasteiger partial charge is 0.138 e. The number of fused-ring (bicyclic) bond motifs is 1. The SMILES string of the molecule is CO.CO.Cc1ccc(C2CC(=O)CC(CO)O2)cc1Cc1cc2ccccc2s1. The second-order valence-electron chi connectivity index (χ2n) is 6.99. The molecule has 5 nitrogen and oxygen atoms in total. The molecule has 0 bridgehead atoms. The van der Waals surface area contributed by atoms with E-state index in [1.165, 1.54) is 26.1 Å². The Balaban J connectivity index is 0.000000757. The number of ether oxygens (including phenoxy) is 1. The quantitative estimate of drug-likeness (QED) is 0.586. The molecule has 1 fully saturated rings. The van der Waals surface area contributed by atoms with E-state index in [0.29, 0.717) is 12.8 Å². The minimum Gasteiger partial charge on any atom is -0.400 e. The third-order valence-corrected chi connectivity index (χ3v) is 6.13. The minimum atomic E-state index is -0.381. The van der Waals surface area contributed by atoms with E-state index in [1.807, 2.05) is 17.4 Å². The van der Waals surface area contributed by atoms with Crippen molar-refractivity contribution in [1.29, 1.82) is 0 Å². The normalized spacial score (nSPS) is 18.3. The lowest BCUT2D eigenvalue weighted by Gasteiger charge is -2.28. The van der Waals surface area contributed by atoms with Crippen molar-refractivity contribution in [3.05, 3.63) is 70.1 Å². The zero-order valence-corrected chi connectivity index (χ0v) is 18.5. The summed E-state index contributed by atoms with van der Waals surface area (Å²) in [6, 6.07) is 17.0. The maximum atomic E-state index is 12.0. The Kier molecular flexibility index (Phi) is 9.62. The molecule has 6 heteroatoms. The third kappa shape index (κ3) is 5.97. The zero-order valence-electron chi connectivity index (χ0n) is 17.7. The molecule has 162 valence electrons. The van der Waals surface area contributed by atoms with Crippen LogP contribution in [0.2, 0.25) is 0 Å². The monoisotopic (exact) mass is 430 g/mol. The van der Waals surface area contributed by atoms with Gasteiger partial charge in [0, 0.05) is 43.1 Å². The van der Waals surface area contributed by atoms with Gasteiger partial charge in [-0.2, -0.15) is 0 Å². The Morgan fingerprint density at radius 3 is 2.47 bits per heavy atom. The maximum Gasteiger partial charge on any atom is 0.138 e. The topological polar surface area (TPSA) is 87.0 Å². The first-order valence-electron chi connectivity index (χ1n) is 9.86. The van der Waals surface area contributed by atoms with E-state index in [0.717, 1.165) is 26.2 Å². The molecule has 2 heterocycles. The molecule has 0 spiro atoms. The molecule has 0 saturated carbocycles. The van der Waals surface area contributed by atoms with Crippen molar-refractivity contribution in [2.75, 3.05) is 20.8 Å². The van der Waals surface area contributed by atoms with Crippen LogP contribution < -0.4 is 0 Å². The molecular formula is C24H30O5S. The Labute approximate surface area is 181 Å². The number of carbonyl (C=O) groups excluding carboxylic acids is 1. The molecule has 3 N–H and O–H groups in total. The highest BCUT2D eigenvalue weighted by Gasteiger charge is 2.28. The number of aryl methyl sites for hydroxylation is 1. The lowest BCUT2D eigenvalue weighted by molar-refractivity contribution is -0.139. The number of thiophene rings is 1. The predicted molar refractivity (Wildman–Crippen MR) is 121 cm³/mol. The number of carbonyl (C=O) groups is 1. The third-order valence-electron chi connectivity index (χ3n) is 5.01. The minimum absolute atomic E-state index is 0.108. The first-order valence-corrected chi connectivity index (χ1v) is 10.7. The summed E-state index contributed by atoms with van der Waals surface area (Å²) >= 11 is 1.83. The number of aliphatic hydroxyl groups excluding tert-OH is 3. The molecule has 1 saturated heterocycles. The van der Waals surface area contributed by atoms with Crippen LogP contribution in [0.3, 0.4) is 0 Å². The standard InChI is InChI=1S/C22H22O3S.2CH4O/c1-14-6-7-15(21-12-18(24)11-19(13-23)25-21)8-17(14)10-20-9-16-4-2-3-5-22(16)26-20;2*1-2/h2-9,19,21,23H,10-13H2,1H3;2*2H,1H3. The summed E-state index contributed by atoms with van der Waals surface area (Å²) in [5, 5.41) is 24.6. The van der Waals surface area contributed by atoms with Crippen LogP contribution in [0.15, 0.2) is 48.5 Å². The molecule has 2 atom stereocenters. The Hall–Kier alpha value is -2.09. The highest BCUT2D eigenvalue weighted by Crippen LogP contribution is 2.32. The predicted octanol–water partition coefficient (Wildman–Crippen LogP) is 3.80. The van der Waals surface area contributed by atoms with Crippen LogP contribution >= 0.6 is 11.3 Å². The van der Waals surface area contributed by atoms with E-state index in [4.69, 9.17) is 14.9 Å². The average molecular weight is 431 g/mol. The number of hydrogen-bond acceptors (Lipinski definition) is 6. The van der Waals surface area contributed by atoms with Gasteiger partial charge in [0.1, 0.15) is 5.78 Å². The largest absolute Gasteiger partial charge is 0.400 e. The van der Waals surface area contributed by atoms with Crippen molar-refractivity contribution < 1.29 is 24.9 Å². The van der Waals surface area contributed by atoms with Gasteiger partial charge in [-0.05, 0) is 41.1 Å². The molecule has 0 aliphatic carbocycles. The number of benzene rings is 2. The van der Waals surface area contributed by atoms with Crippen molar-refractivity contribution in [2.45, 2.75) is 38.4 Å². The zero-order chi connectivity index (χ0) is 22.1. The van der Waals surface area contributed by atoms with E-state index in [1.54, 1.807) is 0 Å².